The minimum Gasteiger partial charge on any atom is -0.485 e. The molecule has 2 aromatic rings. The molecule has 3 nitrogen and oxygen atoms in total. The molecule has 0 saturated carbocycles. The van der Waals surface area contributed by atoms with Gasteiger partial charge in [0.15, 0.2) is 5.75 Å². The molecule has 0 N–H and O–H groups in total. The Balaban J connectivity index is 2.02. The van der Waals surface area contributed by atoms with E-state index in [-0.39, 0.29) is 0 Å². The molecule has 0 radical (unpaired) electrons. The minimum absolute atomic E-state index is 0.537. The molecule has 2 heterocycles. The van der Waals surface area contributed by atoms with Crippen molar-refractivity contribution in [2.45, 2.75) is 6.61 Å². The summed E-state index contributed by atoms with van der Waals surface area (Å²) in [5, 5.41) is 0. The Morgan fingerprint density at radius 1 is 1.50 bits per heavy atom. The van der Waals surface area contributed by atoms with Gasteiger partial charge in [-0.3, -0.25) is 4.98 Å². The van der Waals surface area contributed by atoms with Crippen molar-refractivity contribution in [2.75, 3.05) is 0 Å². The van der Waals surface area contributed by atoms with Crippen LogP contribution < -0.4 is 4.74 Å². The summed E-state index contributed by atoms with van der Waals surface area (Å²) in [5.74, 6) is 0.751. The van der Waals surface area contributed by atoms with E-state index >= 15 is 0 Å². The minimum atomic E-state index is 0.537. The summed E-state index contributed by atoms with van der Waals surface area (Å²) in [6, 6.07) is 3.71. The van der Waals surface area contributed by atoms with E-state index in [2.05, 4.69) is 25.9 Å². The van der Waals surface area contributed by atoms with Crippen molar-refractivity contribution in [1.82, 2.24) is 9.97 Å². The first-order chi connectivity index (χ1) is 6.86. The molecular weight excluding hydrogens is 264 g/mol. The highest BCUT2D eigenvalue weighted by Gasteiger charge is 2.01. The van der Waals surface area contributed by atoms with Gasteiger partial charge in [0.25, 0.3) is 0 Å². The van der Waals surface area contributed by atoms with Crippen LogP contribution in [0.4, 0.5) is 0 Å². The standard InChI is InChI=1S/C9H7BrN2OS/c10-9-8(2-1-3-12-9)13-5-7-4-11-6-14-7/h1-4,6H,5H2. The second kappa shape index (κ2) is 4.52. The zero-order chi connectivity index (χ0) is 9.80. The fourth-order valence-electron chi connectivity index (χ4n) is 0.941. The summed E-state index contributed by atoms with van der Waals surface area (Å²) in [7, 11) is 0. The normalized spacial score (nSPS) is 10.1. The predicted molar refractivity (Wildman–Crippen MR) is 58.4 cm³/mol. The van der Waals surface area contributed by atoms with Gasteiger partial charge in [-0.2, -0.15) is 0 Å². The van der Waals surface area contributed by atoms with Crippen LogP contribution in [0.25, 0.3) is 0 Å². The van der Waals surface area contributed by atoms with Crippen molar-refractivity contribution in [3.05, 3.63) is 39.5 Å². The maximum Gasteiger partial charge on any atom is 0.152 e. The van der Waals surface area contributed by atoms with Gasteiger partial charge in [0.2, 0.25) is 0 Å². The molecular formula is C9H7BrN2OS. The van der Waals surface area contributed by atoms with E-state index < -0.39 is 0 Å². The van der Waals surface area contributed by atoms with Gasteiger partial charge < -0.3 is 4.74 Å². The molecule has 0 saturated heterocycles. The lowest BCUT2D eigenvalue weighted by Crippen LogP contribution is -1.94. The van der Waals surface area contributed by atoms with Crippen molar-refractivity contribution >= 4 is 27.3 Å². The molecule has 0 aliphatic rings. The van der Waals surface area contributed by atoms with Gasteiger partial charge >= 0.3 is 0 Å². The first-order valence-electron chi connectivity index (χ1n) is 3.97. The Hall–Kier alpha value is -0.940. The highest BCUT2D eigenvalue weighted by Crippen LogP contribution is 2.22. The molecule has 0 aliphatic carbocycles. The van der Waals surface area contributed by atoms with Crippen LogP contribution in [0.5, 0.6) is 5.75 Å². The van der Waals surface area contributed by atoms with Crippen LogP contribution in [0.15, 0.2) is 34.6 Å². The second-order valence-corrected chi connectivity index (χ2v) is 4.27. The van der Waals surface area contributed by atoms with E-state index in [0.717, 1.165) is 15.2 Å². The first-order valence-corrected chi connectivity index (χ1v) is 5.64. The van der Waals surface area contributed by atoms with Gasteiger partial charge in [-0.05, 0) is 28.1 Å². The molecule has 0 fully saturated rings. The van der Waals surface area contributed by atoms with Crippen LogP contribution in [0.3, 0.4) is 0 Å². The van der Waals surface area contributed by atoms with E-state index in [1.54, 1.807) is 29.2 Å². The summed E-state index contributed by atoms with van der Waals surface area (Å²) >= 11 is 4.89. The Morgan fingerprint density at radius 2 is 2.43 bits per heavy atom. The van der Waals surface area contributed by atoms with Gasteiger partial charge in [-0.1, -0.05) is 0 Å². The summed E-state index contributed by atoms with van der Waals surface area (Å²) in [6.45, 7) is 0.537. The lowest BCUT2D eigenvalue weighted by atomic mass is 10.4. The van der Waals surface area contributed by atoms with E-state index in [0.29, 0.717) is 6.61 Å². The SMILES string of the molecule is Brc1ncccc1OCc1cncs1. The summed E-state index contributed by atoms with van der Waals surface area (Å²) in [6.07, 6.45) is 3.51. The third kappa shape index (κ3) is 2.30. The molecule has 2 rings (SSSR count). The van der Waals surface area contributed by atoms with Crippen LogP contribution in [-0.2, 0) is 6.61 Å². The van der Waals surface area contributed by atoms with Gasteiger partial charge in [-0.15, -0.1) is 11.3 Å². The largest absolute Gasteiger partial charge is 0.485 e. The van der Waals surface area contributed by atoms with Crippen molar-refractivity contribution in [3.8, 4) is 5.75 Å². The average molecular weight is 271 g/mol. The lowest BCUT2D eigenvalue weighted by molar-refractivity contribution is 0.306. The topological polar surface area (TPSA) is 35.0 Å². The third-order valence-electron chi connectivity index (χ3n) is 1.58. The summed E-state index contributed by atoms with van der Waals surface area (Å²) in [4.78, 5) is 9.12. The number of nitrogens with zero attached hydrogens (tertiary/aromatic N) is 2. The molecule has 2 aromatic heterocycles. The molecule has 0 aromatic carbocycles. The molecule has 14 heavy (non-hydrogen) atoms. The zero-order valence-corrected chi connectivity index (χ0v) is 9.59. The highest BCUT2D eigenvalue weighted by molar-refractivity contribution is 9.10. The molecule has 0 atom stereocenters. The maximum atomic E-state index is 5.54. The van der Waals surface area contributed by atoms with Crippen LogP contribution in [-0.4, -0.2) is 9.97 Å². The quantitative estimate of drug-likeness (QED) is 0.805. The Morgan fingerprint density at radius 3 is 3.14 bits per heavy atom. The van der Waals surface area contributed by atoms with E-state index in [9.17, 15) is 0 Å². The van der Waals surface area contributed by atoms with Crippen LogP contribution >= 0.6 is 27.3 Å². The fraction of sp³-hybridized carbons (Fsp3) is 0.111. The van der Waals surface area contributed by atoms with E-state index in [1.165, 1.54) is 0 Å². The van der Waals surface area contributed by atoms with Gasteiger partial charge in [0.1, 0.15) is 11.2 Å². The number of rotatable bonds is 3. The van der Waals surface area contributed by atoms with Crippen molar-refractivity contribution in [3.63, 3.8) is 0 Å². The molecule has 0 bridgehead atoms. The van der Waals surface area contributed by atoms with E-state index in [4.69, 9.17) is 4.74 Å². The number of halogens is 1. The first kappa shape index (κ1) is 9.61. The molecule has 0 aliphatic heterocycles. The highest BCUT2D eigenvalue weighted by atomic mass is 79.9. The Labute approximate surface area is 93.9 Å². The van der Waals surface area contributed by atoms with Crippen LogP contribution in [0.2, 0.25) is 0 Å². The Kier molecular flexibility index (Phi) is 3.10. The zero-order valence-electron chi connectivity index (χ0n) is 7.18. The molecule has 72 valence electrons. The number of ether oxygens (including phenoxy) is 1. The monoisotopic (exact) mass is 270 g/mol. The van der Waals surface area contributed by atoms with Crippen molar-refractivity contribution in [1.29, 1.82) is 0 Å². The van der Waals surface area contributed by atoms with Crippen molar-refractivity contribution in [2.24, 2.45) is 0 Å². The number of pyridine rings is 1. The lowest BCUT2D eigenvalue weighted by Gasteiger charge is -2.04. The fourth-order valence-corrected chi connectivity index (χ4v) is 1.81. The molecule has 5 heteroatoms. The van der Waals surface area contributed by atoms with Crippen LogP contribution in [0.1, 0.15) is 4.88 Å². The summed E-state index contributed by atoms with van der Waals surface area (Å²) in [5.41, 5.74) is 1.79. The van der Waals surface area contributed by atoms with E-state index in [1.807, 2.05) is 12.1 Å². The maximum absolute atomic E-state index is 5.54. The van der Waals surface area contributed by atoms with Gasteiger partial charge in [0, 0.05) is 12.4 Å². The van der Waals surface area contributed by atoms with Crippen molar-refractivity contribution < 1.29 is 4.74 Å². The predicted octanol–water partition coefficient (Wildman–Crippen LogP) is 2.88. The summed E-state index contributed by atoms with van der Waals surface area (Å²) < 4.78 is 6.27. The van der Waals surface area contributed by atoms with Gasteiger partial charge in [-0.25, -0.2) is 4.98 Å². The Bertz CT molecular complexity index is 405. The smallest absolute Gasteiger partial charge is 0.152 e. The molecule has 0 unspecified atom stereocenters. The average Bonchev–Trinajstić information content (AvgIpc) is 2.69. The molecule has 0 amide bonds. The second-order valence-electron chi connectivity index (χ2n) is 2.55. The number of hydrogen-bond acceptors (Lipinski definition) is 4. The number of thiazole rings is 1. The molecule has 0 spiro atoms. The van der Waals surface area contributed by atoms with Crippen LogP contribution in [0, 0.1) is 0 Å². The third-order valence-corrected chi connectivity index (χ3v) is 2.93. The van der Waals surface area contributed by atoms with Gasteiger partial charge in [0.05, 0.1) is 10.4 Å². The number of aromatic nitrogens is 2. The number of hydrogen-bond donors (Lipinski definition) is 0.